The fourth-order valence-corrected chi connectivity index (χ4v) is 2.13. The van der Waals surface area contributed by atoms with E-state index in [4.69, 9.17) is 0 Å². The van der Waals surface area contributed by atoms with Crippen LogP contribution in [0.15, 0.2) is 24.5 Å². The third-order valence-electron chi connectivity index (χ3n) is 3.60. The van der Waals surface area contributed by atoms with Crippen molar-refractivity contribution in [2.45, 2.75) is 31.8 Å². The van der Waals surface area contributed by atoms with Gasteiger partial charge in [-0.3, -0.25) is 14.6 Å². The first-order valence-corrected chi connectivity index (χ1v) is 6.71. The van der Waals surface area contributed by atoms with Crippen molar-refractivity contribution >= 4 is 11.8 Å². The predicted molar refractivity (Wildman–Crippen MR) is 68.8 cm³/mol. The number of hydrogen-bond acceptors (Lipinski definition) is 3. The lowest BCUT2D eigenvalue weighted by Gasteiger charge is -2.05. The molecule has 1 heterocycles. The molecule has 5 heteroatoms. The van der Waals surface area contributed by atoms with E-state index in [1.54, 1.807) is 12.4 Å². The number of aromatic nitrogens is 1. The van der Waals surface area contributed by atoms with Crippen LogP contribution in [0.3, 0.4) is 0 Å². The lowest BCUT2D eigenvalue weighted by Crippen LogP contribution is -2.31. The van der Waals surface area contributed by atoms with E-state index in [-0.39, 0.29) is 23.7 Å². The Hall–Kier alpha value is -1.91. The normalized spacial score (nSPS) is 24.6. The minimum atomic E-state index is -0.138. The maximum Gasteiger partial charge on any atom is 0.224 e. The molecule has 0 saturated heterocycles. The maximum atomic E-state index is 11.9. The highest BCUT2D eigenvalue weighted by Gasteiger charge is 2.48. The van der Waals surface area contributed by atoms with Gasteiger partial charge in [0.2, 0.25) is 11.8 Å². The molecule has 0 radical (unpaired) electrons. The molecule has 2 N–H and O–H groups in total. The van der Waals surface area contributed by atoms with Crippen LogP contribution in [0.1, 0.15) is 24.8 Å². The van der Waals surface area contributed by atoms with Gasteiger partial charge in [-0.05, 0) is 37.0 Å². The molecule has 2 amide bonds. The Kier molecular flexibility index (Phi) is 3.19. The van der Waals surface area contributed by atoms with E-state index in [1.165, 1.54) is 0 Å². The monoisotopic (exact) mass is 259 g/mol. The Morgan fingerprint density at radius 2 is 1.84 bits per heavy atom. The van der Waals surface area contributed by atoms with Gasteiger partial charge in [0.1, 0.15) is 0 Å². The number of pyridine rings is 1. The van der Waals surface area contributed by atoms with Gasteiger partial charge in [0, 0.05) is 25.0 Å². The van der Waals surface area contributed by atoms with Gasteiger partial charge in [-0.2, -0.15) is 0 Å². The van der Waals surface area contributed by atoms with Crippen molar-refractivity contribution in [2.75, 3.05) is 0 Å². The minimum Gasteiger partial charge on any atom is -0.353 e. The van der Waals surface area contributed by atoms with Crippen LogP contribution in [0, 0.1) is 11.8 Å². The Balaban J connectivity index is 1.43. The van der Waals surface area contributed by atoms with Crippen LogP contribution in [-0.2, 0) is 16.1 Å². The van der Waals surface area contributed by atoms with Crippen molar-refractivity contribution < 1.29 is 9.59 Å². The number of nitrogens with zero attached hydrogens (tertiary/aromatic N) is 1. The van der Waals surface area contributed by atoms with E-state index in [1.807, 2.05) is 12.1 Å². The van der Waals surface area contributed by atoms with Crippen LogP contribution in [0.2, 0.25) is 0 Å². The molecule has 5 nitrogen and oxygen atoms in total. The van der Waals surface area contributed by atoms with Crippen molar-refractivity contribution in [3.8, 4) is 0 Å². The number of amides is 2. The lowest BCUT2D eigenvalue weighted by atomic mass is 10.2. The van der Waals surface area contributed by atoms with E-state index in [9.17, 15) is 9.59 Å². The summed E-state index contributed by atoms with van der Waals surface area (Å²) in [6, 6.07) is 4.10. The maximum absolute atomic E-state index is 11.9. The standard InChI is InChI=1S/C14H17N3O2/c18-13(16-8-9-3-5-15-6-4-9)11-7-12(11)14(19)17-10-1-2-10/h3-6,10-12H,1-2,7-8H2,(H,16,18)(H,17,19). The average Bonchev–Trinajstić information content (AvgIpc) is 3.29. The molecule has 0 aliphatic heterocycles. The Labute approximate surface area is 111 Å². The fraction of sp³-hybridized carbons (Fsp3) is 0.500. The Morgan fingerprint density at radius 3 is 2.53 bits per heavy atom. The molecule has 2 unspecified atom stereocenters. The van der Waals surface area contributed by atoms with Crippen molar-refractivity contribution in [2.24, 2.45) is 11.8 Å². The molecule has 2 aliphatic carbocycles. The summed E-state index contributed by atoms with van der Waals surface area (Å²) in [4.78, 5) is 27.6. The molecule has 1 aromatic heterocycles. The summed E-state index contributed by atoms with van der Waals surface area (Å²) in [6.45, 7) is 0.495. The highest BCUT2D eigenvalue weighted by molar-refractivity contribution is 5.92. The van der Waals surface area contributed by atoms with Gasteiger partial charge in [-0.25, -0.2) is 0 Å². The summed E-state index contributed by atoms with van der Waals surface area (Å²) in [6.07, 6.45) is 6.24. The highest BCUT2D eigenvalue weighted by atomic mass is 16.2. The van der Waals surface area contributed by atoms with Crippen molar-refractivity contribution in [1.29, 1.82) is 0 Å². The summed E-state index contributed by atoms with van der Waals surface area (Å²) < 4.78 is 0. The smallest absolute Gasteiger partial charge is 0.224 e. The minimum absolute atomic E-state index is 0.0206. The molecule has 2 aliphatic rings. The molecule has 0 spiro atoms. The summed E-state index contributed by atoms with van der Waals surface area (Å²) in [5.74, 6) is -0.224. The van der Waals surface area contributed by atoms with Crippen LogP contribution in [0.25, 0.3) is 0 Å². The summed E-state index contributed by atoms with van der Waals surface area (Å²) in [7, 11) is 0. The van der Waals surface area contributed by atoms with Gasteiger partial charge >= 0.3 is 0 Å². The van der Waals surface area contributed by atoms with E-state index in [2.05, 4.69) is 15.6 Å². The zero-order valence-electron chi connectivity index (χ0n) is 10.6. The molecule has 2 atom stereocenters. The second-order valence-electron chi connectivity index (χ2n) is 5.30. The molecule has 0 bridgehead atoms. The third-order valence-corrected chi connectivity index (χ3v) is 3.60. The van der Waals surface area contributed by atoms with Crippen LogP contribution in [-0.4, -0.2) is 22.8 Å². The van der Waals surface area contributed by atoms with Crippen molar-refractivity contribution in [1.82, 2.24) is 15.6 Å². The average molecular weight is 259 g/mol. The van der Waals surface area contributed by atoms with Gasteiger partial charge in [-0.15, -0.1) is 0 Å². The van der Waals surface area contributed by atoms with Crippen molar-refractivity contribution in [3.05, 3.63) is 30.1 Å². The molecule has 1 aromatic rings. The summed E-state index contributed by atoms with van der Waals surface area (Å²) in [5.41, 5.74) is 1.02. The number of carbonyl (C=O) groups is 2. The molecule has 19 heavy (non-hydrogen) atoms. The largest absolute Gasteiger partial charge is 0.353 e. The van der Waals surface area contributed by atoms with Gasteiger partial charge < -0.3 is 10.6 Å². The summed E-state index contributed by atoms with van der Waals surface area (Å²) >= 11 is 0. The molecular weight excluding hydrogens is 242 g/mol. The first-order valence-electron chi connectivity index (χ1n) is 6.71. The molecule has 100 valence electrons. The van der Waals surface area contributed by atoms with Gasteiger partial charge in [-0.1, -0.05) is 0 Å². The topological polar surface area (TPSA) is 71.1 Å². The molecule has 2 saturated carbocycles. The number of rotatable bonds is 5. The Morgan fingerprint density at radius 1 is 1.16 bits per heavy atom. The zero-order valence-corrected chi connectivity index (χ0v) is 10.6. The molecule has 2 fully saturated rings. The Bertz CT molecular complexity index is 485. The molecular formula is C14H17N3O2. The predicted octanol–water partition coefficient (Wildman–Crippen LogP) is 0.612. The second kappa shape index (κ2) is 4.99. The SMILES string of the molecule is O=C(NCc1ccncc1)C1CC1C(=O)NC1CC1. The van der Waals surface area contributed by atoms with Crippen LogP contribution in [0.5, 0.6) is 0 Å². The van der Waals surface area contributed by atoms with Crippen LogP contribution in [0.4, 0.5) is 0 Å². The quantitative estimate of drug-likeness (QED) is 0.814. The van der Waals surface area contributed by atoms with E-state index in [0.717, 1.165) is 18.4 Å². The third kappa shape index (κ3) is 3.10. The fourth-order valence-electron chi connectivity index (χ4n) is 2.13. The van der Waals surface area contributed by atoms with E-state index >= 15 is 0 Å². The summed E-state index contributed by atoms with van der Waals surface area (Å²) in [5, 5.41) is 5.82. The first kappa shape index (κ1) is 12.1. The lowest BCUT2D eigenvalue weighted by molar-refractivity contribution is -0.127. The number of hydrogen-bond donors (Lipinski definition) is 2. The van der Waals surface area contributed by atoms with Gasteiger partial charge in [0.25, 0.3) is 0 Å². The van der Waals surface area contributed by atoms with Crippen molar-refractivity contribution in [3.63, 3.8) is 0 Å². The van der Waals surface area contributed by atoms with E-state index < -0.39 is 0 Å². The molecule has 0 aromatic carbocycles. The molecule has 3 rings (SSSR count). The highest BCUT2D eigenvalue weighted by Crippen LogP contribution is 2.39. The van der Waals surface area contributed by atoms with E-state index in [0.29, 0.717) is 19.0 Å². The van der Waals surface area contributed by atoms with Gasteiger partial charge in [0.15, 0.2) is 0 Å². The zero-order chi connectivity index (χ0) is 13.2. The van der Waals surface area contributed by atoms with Gasteiger partial charge in [0.05, 0.1) is 11.8 Å². The number of carbonyl (C=O) groups excluding carboxylic acids is 2. The number of nitrogens with one attached hydrogen (secondary N) is 2. The van der Waals surface area contributed by atoms with Crippen LogP contribution >= 0.6 is 0 Å². The first-order chi connectivity index (χ1) is 9.24. The second-order valence-corrected chi connectivity index (χ2v) is 5.30. The van der Waals surface area contributed by atoms with Crippen LogP contribution < -0.4 is 10.6 Å².